The van der Waals surface area contributed by atoms with Crippen LogP contribution in [0.4, 0.5) is 0 Å². The second-order valence-corrected chi connectivity index (χ2v) is 4.83. The number of hydrogen-bond donors (Lipinski definition) is 1. The van der Waals surface area contributed by atoms with Crippen molar-refractivity contribution in [3.63, 3.8) is 0 Å². The fourth-order valence-corrected chi connectivity index (χ4v) is 2.72. The molecule has 1 heterocycles. The topological polar surface area (TPSA) is 32.7 Å². The highest BCUT2D eigenvalue weighted by Gasteiger charge is 2.29. The van der Waals surface area contributed by atoms with Gasteiger partial charge >= 0.3 is 0 Å². The van der Waals surface area contributed by atoms with Gasteiger partial charge in [0.1, 0.15) is 0 Å². The van der Waals surface area contributed by atoms with Gasteiger partial charge in [-0.25, -0.2) is 0 Å². The van der Waals surface area contributed by atoms with E-state index in [4.69, 9.17) is 4.74 Å². The molecule has 0 spiro atoms. The average Bonchev–Trinajstić information content (AvgIpc) is 2.34. The summed E-state index contributed by atoms with van der Waals surface area (Å²) in [6, 6.07) is 4.75. The van der Waals surface area contributed by atoms with E-state index >= 15 is 0 Å². The van der Waals surface area contributed by atoms with Crippen molar-refractivity contribution in [2.24, 2.45) is 0 Å². The lowest BCUT2D eigenvalue weighted by Crippen LogP contribution is -2.39. The molecule has 0 aliphatic carbocycles. The van der Waals surface area contributed by atoms with Gasteiger partial charge < -0.3 is 9.84 Å². The number of phenols is 1. The minimum atomic E-state index is 0.237. The molecule has 2 atom stereocenters. The average molecular weight is 235 g/mol. The molecule has 2 rings (SSSR count). The van der Waals surface area contributed by atoms with E-state index < -0.39 is 0 Å². The number of fused-ring (bicyclic) bond motifs is 1. The molecule has 0 unspecified atom stereocenters. The molecule has 0 radical (unpaired) electrons. The first-order valence-electron chi connectivity index (χ1n) is 6.20. The van der Waals surface area contributed by atoms with Crippen molar-refractivity contribution in [2.45, 2.75) is 38.8 Å². The summed E-state index contributed by atoms with van der Waals surface area (Å²) in [5.74, 6) is 0.816. The van der Waals surface area contributed by atoms with Crippen LogP contribution in [0.15, 0.2) is 12.1 Å². The minimum Gasteiger partial charge on any atom is -0.504 e. The Bertz CT molecular complexity index is 417. The van der Waals surface area contributed by atoms with Gasteiger partial charge in [-0.15, -0.1) is 0 Å². The van der Waals surface area contributed by atoms with Crippen LogP contribution >= 0.6 is 0 Å². The molecule has 1 N–H and O–H groups in total. The summed E-state index contributed by atoms with van der Waals surface area (Å²) < 4.78 is 5.18. The van der Waals surface area contributed by atoms with Gasteiger partial charge in [0.2, 0.25) is 0 Å². The van der Waals surface area contributed by atoms with E-state index in [1.807, 2.05) is 12.1 Å². The quantitative estimate of drug-likeness (QED) is 0.855. The minimum absolute atomic E-state index is 0.237. The summed E-state index contributed by atoms with van der Waals surface area (Å²) in [7, 11) is 3.75. The highest BCUT2D eigenvalue weighted by molar-refractivity contribution is 5.48. The van der Waals surface area contributed by atoms with Crippen molar-refractivity contribution in [1.29, 1.82) is 0 Å². The van der Waals surface area contributed by atoms with E-state index in [0.717, 1.165) is 12.8 Å². The number of nitrogens with zero attached hydrogens (tertiary/aromatic N) is 1. The molecular weight excluding hydrogens is 214 g/mol. The predicted octanol–water partition coefficient (Wildman–Crippen LogP) is 2.73. The Labute approximate surface area is 103 Å². The molecule has 0 amide bonds. The molecule has 17 heavy (non-hydrogen) atoms. The zero-order valence-corrected chi connectivity index (χ0v) is 11.0. The molecule has 1 aromatic rings. The monoisotopic (exact) mass is 235 g/mol. The Balaban J connectivity index is 2.45. The fraction of sp³-hybridized carbons (Fsp3) is 0.571. The highest BCUT2D eigenvalue weighted by Crippen LogP contribution is 2.38. The van der Waals surface area contributed by atoms with E-state index in [2.05, 4.69) is 25.8 Å². The first-order valence-corrected chi connectivity index (χ1v) is 6.20. The fourth-order valence-electron chi connectivity index (χ4n) is 2.72. The second-order valence-electron chi connectivity index (χ2n) is 4.83. The smallest absolute Gasteiger partial charge is 0.160 e. The molecule has 0 saturated heterocycles. The molecule has 1 aromatic carbocycles. The lowest BCUT2D eigenvalue weighted by molar-refractivity contribution is 0.161. The van der Waals surface area contributed by atoms with Crippen molar-refractivity contribution in [1.82, 2.24) is 4.90 Å². The van der Waals surface area contributed by atoms with Crippen LogP contribution in [0.3, 0.4) is 0 Å². The van der Waals surface area contributed by atoms with E-state index in [0.29, 0.717) is 17.8 Å². The molecule has 1 aliphatic rings. The highest BCUT2D eigenvalue weighted by atomic mass is 16.5. The Hall–Kier alpha value is -1.22. The number of aromatic hydroxyl groups is 1. The molecule has 0 bridgehead atoms. The van der Waals surface area contributed by atoms with E-state index in [1.54, 1.807) is 7.11 Å². The maximum absolute atomic E-state index is 9.85. The van der Waals surface area contributed by atoms with Crippen LogP contribution in [0.2, 0.25) is 0 Å². The largest absolute Gasteiger partial charge is 0.504 e. The number of hydrogen-bond acceptors (Lipinski definition) is 3. The van der Waals surface area contributed by atoms with Crippen LogP contribution in [-0.4, -0.2) is 30.2 Å². The standard InChI is InChI=1S/C14H21NO2/c1-5-11-6-10-7-14(17-4)13(16)8-12(10)9(2)15(11)3/h7-9,11,16H,5-6H2,1-4H3/t9-,11+/m1/s1. The van der Waals surface area contributed by atoms with Gasteiger partial charge in [-0.3, -0.25) is 4.90 Å². The van der Waals surface area contributed by atoms with Crippen molar-refractivity contribution >= 4 is 0 Å². The second kappa shape index (κ2) is 4.57. The van der Waals surface area contributed by atoms with Gasteiger partial charge in [-0.2, -0.15) is 0 Å². The first kappa shape index (κ1) is 12.2. The number of likely N-dealkylation sites (N-methyl/N-ethyl adjacent to an activating group) is 1. The van der Waals surface area contributed by atoms with Gasteiger partial charge in [0, 0.05) is 12.1 Å². The molecule has 1 aliphatic heterocycles. The Morgan fingerprint density at radius 3 is 2.76 bits per heavy atom. The number of ether oxygens (including phenoxy) is 1. The zero-order chi connectivity index (χ0) is 12.6. The van der Waals surface area contributed by atoms with Crippen LogP contribution < -0.4 is 4.74 Å². The summed E-state index contributed by atoms with van der Waals surface area (Å²) in [5.41, 5.74) is 2.52. The summed E-state index contributed by atoms with van der Waals surface area (Å²) in [6.45, 7) is 4.41. The lowest BCUT2D eigenvalue weighted by Gasteiger charge is -2.39. The predicted molar refractivity (Wildman–Crippen MR) is 68.6 cm³/mol. The van der Waals surface area contributed by atoms with Crippen LogP contribution in [-0.2, 0) is 6.42 Å². The molecule has 0 fully saturated rings. The third-order valence-electron chi connectivity index (χ3n) is 4.00. The Morgan fingerprint density at radius 2 is 2.18 bits per heavy atom. The van der Waals surface area contributed by atoms with Crippen molar-refractivity contribution in [3.05, 3.63) is 23.3 Å². The van der Waals surface area contributed by atoms with E-state index in [-0.39, 0.29) is 5.75 Å². The van der Waals surface area contributed by atoms with Gasteiger partial charge in [-0.05, 0) is 50.1 Å². The van der Waals surface area contributed by atoms with Crippen molar-refractivity contribution < 1.29 is 9.84 Å². The molecular formula is C14H21NO2. The molecule has 0 aromatic heterocycles. The van der Waals surface area contributed by atoms with Gasteiger partial charge in [0.25, 0.3) is 0 Å². The molecule has 0 saturated carbocycles. The molecule has 94 valence electrons. The van der Waals surface area contributed by atoms with Crippen LogP contribution in [0.25, 0.3) is 0 Å². The Kier molecular flexibility index (Phi) is 3.29. The van der Waals surface area contributed by atoms with Gasteiger partial charge in [0.15, 0.2) is 11.5 Å². The van der Waals surface area contributed by atoms with Crippen LogP contribution in [0, 0.1) is 0 Å². The summed E-state index contributed by atoms with van der Waals surface area (Å²) in [4.78, 5) is 2.38. The third-order valence-corrected chi connectivity index (χ3v) is 4.00. The maximum atomic E-state index is 9.85. The van der Waals surface area contributed by atoms with Crippen LogP contribution in [0.5, 0.6) is 11.5 Å². The number of methoxy groups -OCH3 is 1. The van der Waals surface area contributed by atoms with E-state index in [1.165, 1.54) is 11.1 Å². The zero-order valence-electron chi connectivity index (χ0n) is 11.0. The van der Waals surface area contributed by atoms with Crippen molar-refractivity contribution in [3.8, 4) is 11.5 Å². The van der Waals surface area contributed by atoms with Crippen molar-refractivity contribution in [2.75, 3.05) is 14.2 Å². The van der Waals surface area contributed by atoms with Gasteiger partial charge in [-0.1, -0.05) is 6.92 Å². The number of benzene rings is 1. The maximum Gasteiger partial charge on any atom is 0.160 e. The Morgan fingerprint density at radius 1 is 1.47 bits per heavy atom. The number of phenolic OH excluding ortho intramolecular Hbond substituents is 1. The van der Waals surface area contributed by atoms with Crippen LogP contribution in [0.1, 0.15) is 37.4 Å². The summed E-state index contributed by atoms with van der Waals surface area (Å²) >= 11 is 0. The SMILES string of the molecule is CC[C@H]1Cc2cc(OC)c(O)cc2[C@@H](C)N1C. The van der Waals surface area contributed by atoms with E-state index in [9.17, 15) is 5.11 Å². The lowest BCUT2D eigenvalue weighted by atomic mass is 9.88. The first-order chi connectivity index (χ1) is 8.08. The molecule has 3 nitrogen and oxygen atoms in total. The summed E-state index contributed by atoms with van der Waals surface area (Å²) in [6.07, 6.45) is 2.17. The normalized spacial score (nSPS) is 24.5. The summed E-state index contributed by atoms with van der Waals surface area (Å²) in [5, 5.41) is 9.85. The molecule has 3 heteroatoms. The number of rotatable bonds is 2. The third kappa shape index (κ3) is 2.00. The van der Waals surface area contributed by atoms with Gasteiger partial charge in [0.05, 0.1) is 7.11 Å².